The second-order valence-corrected chi connectivity index (χ2v) is 5.01. The van der Waals surface area contributed by atoms with Crippen molar-refractivity contribution >= 4 is 23.0 Å². The van der Waals surface area contributed by atoms with E-state index in [9.17, 15) is 14.0 Å². The molecule has 1 aromatic heterocycles. The first-order valence-corrected chi connectivity index (χ1v) is 7.13. The topological polar surface area (TPSA) is 81.4 Å². The first-order chi connectivity index (χ1) is 11.6. The van der Waals surface area contributed by atoms with E-state index >= 15 is 0 Å². The molecule has 0 aliphatic heterocycles. The summed E-state index contributed by atoms with van der Waals surface area (Å²) in [6.07, 6.45) is 1.28. The van der Waals surface area contributed by atoms with Crippen molar-refractivity contribution in [1.82, 2.24) is 10.3 Å². The van der Waals surface area contributed by atoms with Gasteiger partial charge in [-0.3, -0.25) is 4.79 Å². The highest BCUT2D eigenvalue weighted by molar-refractivity contribution is 5.94. The molecule has 3 aromatic rings. The molecular weight excluding hydrogens is 315 g/mol. The smallest absolute Gasteiger partial charge is 0.338 e. The summed E-state index contributed by atoms with van der Waals surface area (Å²) in [5.41, 5.74) is 2.10. The summed E-state index contributed by atoms with van der Waals surface area (Å²) < 4.78 is 22.8. The molecule has 1 amide bonds. The fourth-order valence-electron chi connectivity index (χ4n) is 2.05. The maximum atomic E-state index is 12.8. The van der Waals surface area contributed by atoms with Crippen LogP contribution in [0.5, 0.6) is 0 Å². The number of oxazole rings is 1. The largest absolute Gasteiger partial charge is 0.452 e. The standard InChI is InChI=1S/C17H13FN2O4/c18-13-4-1-11(2-5-13)8-19-16(21)9-23-17(22)12-3-6-14-15(7-12)24-10-20-14/h1-7,10H,8-9H2,(H,19,21). The lowest BCUT2D eigenvalue weighted by molar-refractivity contribution is -0.124. The quantitative estimate of drug-likeness (QED) is 0.728. The zero-order valence-electron chi connectivity index (χ0n) is 12.5. The van der Waals surface area contributed by atoms with E-state index in [1.54, 1.807) is 24.3 Å². The van der Waals surface area contributed by atoms with Gasteiger partial charge in [0.15, 0.2) is 18.6 Å². The monoisotopic (exact) mass is 328 g/mol. The van der Waals surface area contributed by atoms with Crippen LogP contribution in [0.15, 0.2) is 53.3 Å². The lowest BCUT2D eigenvalue weighted by Crippen LogP contribution is -2.28. The van der Waals surface area contributed by atoms with Crippen LogP contribution in [0.3, 0.4) is 0 Å². The highest BCUT2D eigenvalue weighted by Gasteiger charge is 2.12. The molecule has 0 bridgehead atoms. The number of aromatic nitrogens is 1. The number of rotatable bonds is 5. The Hall–Kier alpha value is -3.22. The van der Waals surface area contributed by atoms with Gasteiger partial charge in [-0.15, -0.1) is 0 Å². The van der Waals surface area contributed by atoms with Gasteiger partial charge in [0.2, 0.25) is 0 Å². The van der Waals surface area contributed by atoms with Crippen LogP contribution in [-0.2, 0) is 16.1 Å². The van der Waals surface area contributed by atoms with Crippen molar-refractivity contribution in [2.75, 3.05) is 6.61 Å². The Morgan fingerprint density at radius 3 is 2.75 bits per heavy atom. The third-order valence-corrected chi connectivity index (χ3v) is 3.30. The van der Waals surface area contributed by atoms with E-state index in [2.05, 4.69) is 10.3 Å². The number of carbonyl (C=O) groups excluding carboxylic acids is 2. The normalized spacial score (nSPS) is 10.5. The molecule has 122 valence electrons. The van der Waals surface area contributed by atoms with Crippen molar-refractivity contribution in [2.45, 2.75) is 6.54 Å². The van der Waals surface area contributed by atoms with Gasteiger partial charge in [0.25, 0.3) is 5.91 Å². The molecule has 0 atom stereocenters. The van der Waals surface area contributed by atoms with E-state index in [0.29, 0.717) is 11.1 Å². The molecule has 7 heteroatoms. The molecule has 0 saturated heterocycles. The summed E-state index contributed by atoms with van der Waals surface area (Å²) in [5, 5.41) is 2.58. The number of esters is 1. The molecule has 0 radical (unpaired) electrons. The first-order valence-electron chi connectivity index (χ1n) is 7.13. The maximum Gasteiger partial charge on any atom is 0.338 e. The molecule has 2 aromatic carbocycles. The SMILES string of the molecule is O=C(COC(=O)c1ccc2ncoc2c1)NCc1ccc(F)cc1. The van der Waals surface area contributed by atoms with E-state index in [1.807, 2.05) is 0 Å². The number of ether oxygens (including phenoxy) is 1. The van der Waals surface area contributed by atoms with Gasteiger partial charge < -0.3 is 14.5 Å². The number of hydrogen-bond acceptors (Lipinski definition) is 5. The summed E-state index contributed by atoms with van der Waals surface area (Å²) in [6.45, 7) is -0.185. The number of nitrogens with one attached hydrogen (secondary N) is 1. The second-order valence-electron chi connectivity index (χ2n) is 5.01. The molecule has 1 heterocycles. The zero-order chi connectivity index (χ0) is 16.9. The number of fused-ring (bicyclic) bond motifs is 1. The van der Waals surface area contributed by atoms with Crippen LogP contribution in [0.4, 0.5) is 4.39 Å². The van der Waals surface area contributed by atoms with Crippen LogP contribution in [0.2, 0.25) is 0 Å². The molecule has 6 nitrogen and oxygen atoms in total. The maximum absolute atomic E-state index is 12.8. The van der Waals surface area contributed by atoms with Gasteiger partial charge in [0.1, 0.15) is 11.3 Å². The van der Waals surface area contributed by atoms with E-state index in [0.717, 1.165) is 5.56 Å². The zero-order valence-corrected chi connectivity index (χ0v) is 12.5. The van der Waals surface area contributed by atoms with Gasteiger partial charge in [-0.2, -0.15) is 0 Å². The molecule has 24 heavy (non-hydrogen) atoms. The van der Waals surface area contributed by atoms with E-state index in [4.69, 9.17) is 9.15 Å². The summed E-state index contributed by atoms with van der Waals surface area (Å²) in [4.78, 5) is 27.6. The van der Waals surface area contributed by atoms with Crippen LogP contribution in [0, 0.1) is 5.82 Å². The van der Waals surface area contributed by atoms with Crippen LogP contribution in [0.25, 0.3) is 11.1 Å². The van der Waals surface area contributed by atoms with Gasteiger partial charge in [0, 0.05) is 6.54 Å². The van der Waals surface area contributed by atoms with Crippen molar-refractivity contribution in [3.63, 3.8) is 0 Å². The molecule has 0 fully saturated rings. The van der Waals surface area contributed by atoms with Gasteiger partial charge in [-0.25, -0.2) is 14.2 Å². The minimum absolute atomic E-state index is 0.223. The molecule has 3 rings (SSSR count). The second kappa shape index (κ2) is 6.91. The van der Waals surface area contributed by atoms with Gasteiger partial charge in [0.05, 0.1) is 5.56 Å². The predicted molar refractivity (Wildman–Crippen MR) is 82.5 cm³/mol. The van der Waals surface area contributed by atoms with Crippen LogP contribution in [-0.4, -0.2) is 23.5 Å². The molecule has 0 aliphatic rings. The fourth-order valence-corrected chi connectivity index (χ4v) is 2.05. The van der Waals surface area contributed by atoms with Gasteiger partial charge in [-0.1, -0.05) is 12.1 Å². The third kappa shape index (κ3) is 3.75. The van der Waals surface area contributed by atoms with E-state index in [-0.39, 0.29) is 17.9 Å². The number of halogens is 1. The summed E-state index contributed by atoms with van der Waals surface area (Å²) in [6, 6.07) is 10.4. The Balaban J connectivity index is 1.49. The summed E-state index contributed by atoms with van der Waals surface area (Å²) >= 11 is 0. The highest BCUT2D eigenvalue weighted by Crippen LogP contribution is 2.14. The lowest BCUT2D eigenvalue weighted by Gasteiger charge is -2.07. The average molecular weight is 328 g/mol. The molecule has 0 spiro atoms. The Morgan fingerprint density at radius 1 is 1.17 bits per heavy atom. The molecule has 0 unspecified atom stereocenters. The average Bonchev–Trinajstić information content (AvgIpc) is 3.06. The molecular formula is C17H13FN2O4. The van der Waals surface area contributed by atoms with Crippen molar-refractivity contribution in [2.24, 2.45) is 0 Å². The Kier molecular flexibility index (Phi) is 4.51. The van der Waals surface area contributed by atoms with Crippen LogP contribution >= 0.6 is 0 Å². The number of amides is 1. The van der Waals surface area contributed by atoms with Crippen molar-refractivity contribution in [1.29, 1.82) is 0 Å². The van der Waals surface area contributed by atoms with Crippen molar-refractivity contribution < 1.29 is 23.1 Å². The van der Waals surface area contributed by atoms with Crippen LogP contribution < -0.4 is 5.32 Å². The highest BCUT2D eigenvalue weighted by atomic mass is 19.1. The summed E-state index contributed by atoms with van der Waals surface area (Å²) in [5.74, 6) is -1.43. The van der Waals surface area contributed by atoms with Crippen LogP contribution in [0.1, 0.15) is 15.9 Å². The summed E-state index contributed by atoms with van der Waals surface area (Å²) in [7, 11) is 0. The predicted octanol–water partition coefficient (Wildman–Crippen LogP) is 2.44. The number of nitrogens with zero attached hydrogens (tertiary/aromatic N) is 1. The van der Waals surface area contributed by atoms with Gasteiger partial charge >= 0.3 is 5.97 Å². The minimum Gasteiger partial charge on any atom is -0.452 e. The number of hydrogen-bond donors (Lipinski definition) is 1. The molecule has 1 N–H and O–H groups in total. The van der Waals surface area contributed by atoms with Crippen molar-refractivity contribution in [3.8, 4) is 0 Å². The molecule has 0 saturated carbocycles. The Morgan fingerprint density at radius 2 is 1.96 bits per heavy atom. The number of carbonyl (C=O) groups is 2. The Labute approximate surface area is 136 Å². The molecule has 0 aliphatic carbocycles. The fraction of sp³-hybridized carbons (Fsp3) is 0.118. The lowest BCUT2D eigenvalue weighted by atomic mass is 10.2. The van der Waals surface area contributed by atoms with E-state index in [1.165, 1.54) is 24.6 Å². The number of benzene rings is 2. The van der Waals surface area contributed by atoms with Crippen molar-refractivity contribution in [3.05, 3.63) is 65.8 Å². The minimum atomic E-state index is -0.634. The van der Waals surface area contributed by atoms with Gasteiger partial charge in [-0.05, 0) is 35.9 Å². The first kappa shape index (κ1) is 15.7. The van der Waals surface area contributed by atoms with E-state index < -0.39 is 18.5 Å². The third-order valence-electron chi connectivity index (χ3n) is 3.30. The Bertz CT molecular complexity index is 874.